The zero-order valence-corrected chi connectivity index (χ0v) is 17.3. The van der Waals surface area contributed by atoms with Gasteiger partial charge in [0, 0.05) is 19.0 Å². The molecule has 4 nitrogen and oxygen atoms in total. The number of phenolic OH excluding ortho intramolecular Hbond substituents is 1. The van der Waals surface area contributed by atoms with E-state index in [-0.39, 0.29) is 6.61 Å². The number of aromatic nitrogens is 2. The normalized spacial score (nSPS) is 11.6. The van der Waals surface area contributed by atoms with Crippen molar-refractivity contribution < 1.29 is 10.2 Å². The maximum Gasteiger partial charge on any atom is 0.122 e. The number of aliphatic hydroxyl groups is 1. The molecule has 0 aliphatic rings. The fraction of sp³-hybridized carbons (Fsp3) is 0.192. The van der Waals surface area contributed by atoms with Crippen molar-refractivity contribution in [1.82, 2.24) is 9.78 Å². The van der Waals surface area contributed by atoms with Crippen LogP contribution in [-0.2, 0) is 13.5 Å². The Hall–Kier alpha value is -3.37. The molecule has 0 radical (unpaired) electrons. The van der Waals surface area contributed by atoms with Gasteiger partial charge in [-0.05, 0) is 65.8 Å². The largest absolute Gasteiger partial charge is 0.507 e. The molecule has 152 valence electrons. The Morgan fingerprint density at radius 2 is 1.80 bits per heavy atom. The molecule has 0 bridgehead atoms. The van der Waals surface area contributed by atoms with Crippen LogP contribution in [0.4, 0.5) is 0 Å². The Morgan fingerprint density at radius 1 is 1.00 bits per heavy atom. The van der Waals surface area contributed by atoms with E-state index in [9.17, 15) is 5.11 Å². The highest BCUT2D eigenvalue weighted by molar-refractivity contribution is 5.93. The molecule has 0 saturated heterocycles. The number of aryl methyl sites for hydroxylation is 2. The molecule has 30 heavy (non-hydrogen) atoms. The standard InChI is InChI=1S/C26H26N2O2/c1-18-22(13-11-20(26(18)30)9-6-16-29)21-12-15-25-23(17-21)24(27-28(25)2)14-10-19-7-4-3-5-8-19/h3-5,7-8,10-15,17,29-30H,6,9,16H2,1-2H3/b14-10+. The lowest BCUT2D eigenvalue weighted by Crippen LogP contribution is -1.94. The third-order valence-corrected chi connectivity index (χ3v) is 5.54. The van der Waals surface area contributed by atoms with Gasteiger partial charge in [-0.25, -0.2) is 0 Å². The fourth-order valence-electron chi connectivity index (χ4n) is 3.86. The van der Waals surface area contributed by atoms with Crippen LogP contribution in [0.5, 0.6) is 5.75 Å². The van der Waals surface area contributed by atoms with Gasteiger partial charge in [-0.2, -0.15) is 5.10 Å². The van der Waals surface area contributed by atoms with E-state index in [0.29, 0.717) is 18.6 Å². The van der Waals surface area contributed by atoms with E-state index in [1.807, 2.05) is 49.0 Å². The van der Waals surface area contributed by atoms with Crippen molar-refractivity contribution in [3.63, 3.8) is 0 Å². The first-order valence-electron chi connectivity index (χ1n) is 10.2. The maximum atomic E-state index is 10.6. The Morgan fingerprint density at radius 3 is 2.57 bits per heavy atom. The second kappa shape index (κ2) is 8.56. The second-order valence-corrected chi connectivity index (χ2v) is 7.56. The van der Waals surface area contributed by atoms with Gasteiger partial charge in [-0.15, -0.1) is 0 Å². The van der Waals surface area contributed by atoms with Crippen LogP contribution in [0.15, 0.2) is 60.7 Å². The quantitative estimate of drug-likeness (QED) is 0.460. The van der Waals surface area contributed by atoms with Crippen LogP contribution < -0.4 is 0 Å². The first-order valence-corrected chi connectivity index (χ1v) is 10.2. The van der Waals surface area contributed by atoms with Gasteiger partial charge in [0.2, 0.25) is 0 Å². The summed E-state index contributed by atoms with van der Waals surface area (Å²) in [6.45, 7) is 2.06. The SMILES string of the molecule is Cc1c(-c2ccc3c(c2)c(/C=C/c2ccccc2)nn3C)ccc(CCCO)c1O. The minimum Gasteiger partial charge on any atom is -0.507 e. The van der Waals surface area contributed by atoms with E-state index >= 15 is 0 Å². The van der Waals surface area contributed by atoms with Gasteiger partial charge < -0.3 is 10.2 Å². The topological polar surface area (TPSA) is 58.3 Å². The van der Waals surface area contributed by atoms with Gasteiger partial charge in [-0.3, -0.25) is 4.68 Å². The molecule has 0 saturated carbocycles. The summed E-state index contributed by atoms with van der Waals surface area (Å²) in [5.74, 6) is 0.316. The molecule has 0 unspecified atom stereocenters. The molecule has 2 N–H and O–H groups in total. The van der Waals surface area contributed by atoms with Crippen molar-refractivity contribution in [2.45, 2.75) is 19.8 Å². The van der Waals surface area contributed by atoms with Crippen LogP contribution >= 0.6 is 0 Å². The number of benzene rings is 3. The van der Waals surface area contributed by atoms with Gasteiger partial charge in [-0.1, -0.05) is 54.6 Å². The molecule has 4 heteroatoms. The number of rotatable bonds is 6. The smallest absolute Gasteiger partial charge is 0.122 e. The highest BCUT2D eigenvalue weighted by atomic mass is 16.3. The minimum absolute atomic E-state index is 0.122. The number of nitrogens with zero attached hydrogens (tertiary/aromatic N) is 2. The number of fused-ring (bicyclic) bond motifs is 1. The Bertz CT molecular complexity index is 1210. The molecular weight excluding hydrogens is 372 g/mol. The Balaban J connectivity index is 1.75. The molecule has 0 fully saturated rings. The van der Waals surface area contributed by atoms with Gasteiger partial charge in [0.1, 0.15) is 5.75 Å². The van der Waals surface area contributed by atoms with Gasteiger partial charge >= 0.3 is 0 Å². The molecule has 1 aromatic heterocycles. The van der Waals surface area contributed by atoms with Gasteiger partial charge in [0.15, 0.2) is 0 Å². The summed E-state index contributed by atoms with van der Waals surface area (Å²) >= 11 is 0. The first kappa shape index (κ1) is 19.9. The molecule has 4 rings (SSSR count). The molecule has 4 aromatic rings. The lowest BCUT2D eigenvalue weighted by molar-refractivity contribution is 0.288. The second-order valence-electron chi connectivity index (χ2n) is 7.56. The number of hydrogen-bond acceptors (Lipinski definition) is 3. The number of hydrogen-bond donors (Lipinski definition) is 2. The monoisotopic (exact) mass is 398 g/mol. The van der Waals surface area contributed by atoms with Crippen LogP contribution in [0.2, 0.25) is 0 Å². The van der Waals surface area contributed by atoms with E-state index in [2.05, 4.69) is 47.6 Å². The summed E-state index contributed by atoms with van der Waals surface area (Å²) in [6.07, 6.45) is 5.43. The van der Waals surface area contributed by atoms with Crippen molar-refractivity contribution >= 4 is 23.1 Å². The predicted molar refractivity (Wildman–Crippen MR) is 123 cm³/mol. The molecule has 1 heterocycles. The van der Waals surface area contributed by atoms with Crippen molar-refractivity contribution in [2.75, 3.05) is 6.61 Å². The molecule has 3 aromatic carbocycles. The summed E-state index contributed by atoms with van der Waals surface area (Å²) in [7, 11) is 1.95. The maximum absolute atomic E-state index is 10.6. The van der Waals surface area contributed by atoms with Crippen LogP contribution in [0.3, 0.4) is 0 Å². The summed E-state index contributed by atoms with van der Waals surface area (Å²) in [5.41, 5.74) is 6.89. The average molecular weight is 399 g/mol. The van der Waals surface area contributed by atoms with Crippen molar-refractivity contribution in [3.8, 4) is 16.9 Å². The third kappa shape index (κ3) is 3.87. The van der Waals surface area contributed by atoms with Crippen LogP contribution in [0.25, 0.3) is 34.2 Å². The summed E-state index contributed by atoms with van der Waals surface area (Å²) in [5, 5.41) is 25.5. The summed E-state index contributed by atoms with van der Waals surface area (Å²) < 4.78 is 1.89. The minimum atomic E-state index is 0.122. The zero-order chi connectivity index (χ0) is 21.1. The lowest BCUT2D eigenvalue weighted by Gasteiger charge is -2.12. The summed E-state index contributed by atoms with van der Waals surface area (Å²) in [4.78, 5) is 0. The van der Waals surface area contributed by atoms with Crippen molar-refractivity contribution in [2.24, 2.45) is 7.05 Å². The van der Waals surface area contributed by atoms with Crippen molar-refractivity contribution in [1.29, 1.82) is 0 Å². The lowest BCUT2D eigenvalue weighted by atomic mass is 9.94. The molecule has 0 aliphatic heterocycles. The third-order valence-electron chi connectivity index (χ3n) is 5.54. The van der Waals surface area contributed by atoms with Gasteiger partial charge in [0.05, 0.1) is 11.2 Å². The molecule has 0 atom stereocenters. The van der Waals surface area contributed by atoms with Crippen LogP contribution in [-0.4, -0.2) is 26.6 Å². The molecule has 0 aliphatic carbocycles. The van der Waals surface area contributed by atoms with Crippen LogP contribution in [0, 0.1) is 6.92 Å². The van der Waals surface area contributed by atoms with E-state index in [4.69, 9.17) is 5.11 Å². The Kier molecular flexibility index (Phi) is 5.68. The van der Waals surface area contributed by atoms with Crippen LogP contribution in [0.1, 0.15) is 28.8 Å². The number of aromatic hydroxyl groups is 1. The van der Waals surface area contributed by atoms with Gasteiger partial charge in [0.25, 0.3) is 0 Å². The van der Waals surface area contributed by atoms with E-state index in [1.165, 1.54) is 0 Å². The van der Waals surface area contributed by atoms with E-state index in [0.717, 1.165) is 44.4 Å². The van der Waals surface area contributed by atoms with E-state index < -0.39 is 0 Å². The fourth-order valence-corrected chi connectivity index (χ4v) is 3.86. The average Bonchev–Trinajstić information content (AvgIpc) is 3.09. The summed E-state index contributed by atoms with van der Waals surface area (Å²) in [6, 6.07) is 20.5. The van der Waals surface area contributed by atoms with Crippen molar-refractivity contribution in [3.05, 3.63) is 83.0 Å². The molecule has 0 amide bonds. The highest BCUT2D eigenvalue weighted by Gasteiger charge is 2.13. The predicted octanol–water partition coefficient (Wildman–Crippen LogP) is 5.35. The highest BCUT2D eigenvalue weighted by Crippen LogP contribution is 2.35. The van der Waals surface area contributed by atoms with E-state index in [1.54, 1.807) is 0 Å². The number of phenols is 1. The molecular formula is C26H26N2O2. The number of aliphatic hydroxyl groups excluding tert-OH is 1. The molecule has 0 spiro atoms. The Labute approximate surface area is 176 Å². The first-order chi connectivity index (χ1) is 14.6. The zero-order valence-electron chi connectivity index (χ0n) is 17.3.